The highest BCUT2D eigenvalue weighted by molar-refractivity contribution is 7.85. The van der Waals surface area contributed by atoms with Gasteiger partial charge < -0.3 is 10.3 Å². The van der Waals surface area contributed by atoms with E-state index >= 15 is 0 Å². The molecule has 0 aliphatic rings. The van der Waals surface area contributed by atoms with Crippen LogP contribution in [0.3, 0.4) is 0 Å². The molecular weight excluding hydrogens is 334 g/mol. The number of hydrogen-bond acceptors (Lipinski definition) is 4. The smallest absolute Gasteiger partial charge is 0.151 e. The van der Waals surface area contributed by atoms with E-state index in [4.69, 9.17) is 5.73 Å². The van der Waals surface area contributed by atoms with Crippen molar-refractivity contribution in [1.29, 1.82) is 0 Å². The molecule has 2 heterocycles. The molecule has 3 aromatic rings. The van der Waals surface area contributed by atoms with E-state index < -0.39 is 22.4 Å². The molecule has 1 aromatic carbocycles. The Bertz CT molecular complexity index is 926. The number of nitrogens with zero attached hydrogens (tertiary/aromatic N) is 3. The van der Waals surface area contributed by atoms with Gasteiger partial charge in [0, 0.05) is 24.6 Å². The minimum absolute atomic E-state index is 0.0246. The van der Waals surface area contributed by atoms with E-state index in [1.54, 1.807) is 12.5 Å². The number of nitrogen functional groups attached to an aromatic ring is 1. The molecule has 3 rings (SSSR count). The van der Waals surface area contributed by atoms with E-state index in [1.807, 2.05) is 11.5 Å². The van der Waals surface area contributed by atoms with Crippen molar-refractivity contribution < 1.29 is 13.0 Å². The van der Waals surface area contributed by atoms with Gasteiger partial charge in [0.2, 0.25) is 0 Å². The molecule has 0 saturated heterocycles. The van der Waals surface area contributed by atoms with Gasteiger partial charge in [-0.1, -0.05) is 0 Å². The zero-order valence-corrected chi connectivity index (χ0v) is 13.8. The molecule has 0 radical (unpaired) electrons. The van der Waals surface area contributed by atoms with Gasteiger partial charge in [-0.2, -0.15) is 0 Å². The Hall–Kier alpha value is -2.35. The van der Waals surface area contributed by atoms with E-state index in [2.05, 4.69) is 9.97 Å². The van der Waals surface area contributed by atoms with Gasteiger partial charge in [0.1, 0.15) is 17.2 Å². The van der Waals surface area contributed by atoms with E-state index in [1.165, 1.54) is 6.07 Å². The first kappa shape index (κ1) is 16.5. The number of imidazole rings is 1. The highest BCUT2D eigenvalue weighted by atomic mass is 32.2. The number of fused-ring (bicyclic) bond motifs is 1. The number of nitrogens with two attached hydrogens (primary N) is 1. The predicted octanol–water partition coefficient (Wildman–Crippen LogP) is 2.80. The maximum Gasteiger partial charge on any atom is 0.151 e. The lowest BCUT2D eigenvalue weighted by molar-refractivity contribution is 0.561. The van der Waals surface area contributed by atoms with Crippen molar-refractivity contribution in [2.75, 3.05) is 11.5 Å². The van der Waals surface area contributed by atoms with Crippen molar-refractivity contribution in [2.24, 2.45) is 0 Å². The molecule has 126 valence electrons. The second-order valence-electron chi connectivity index (χ2n) is 5.44. The summed E-state index contributed by atoms with van der Waals surface area (Å²) >= 11 is 0. The van der Waals surface area contributed by atoms with Crippen LogP contribution in [0.4, 0.5) is 14.6 Å². The van der Waals surface area contributed by atoms with Gasteiger partial charge in [-0.25, -0.2) is 18.7 Å². The molecule has 5 nitrogen and oxygen atoms in total. The van der Waals surface area contributed by atoms with Gasteiger partial charge >= 0.3 is 0 Å². The van der Waals surface area contributed by atoms with Crippen LogP contribution in [0.1, 0.15) is 12.0 Å². The molecular formula is C16H16F2N4OS. The maximum absolute atomic E-state index is 13.6. The van der Waals surface area contributed by atoms with Crippen LogP contribution in [-0.2, 0) is 17.3 Å². The van der Waals surface area contributed by atoms with Crippen molar-refractivity contribution in [3.05, 3.63) is 47.9 Å². The monoisotopic (exact) mass is 350 g/mol. The third kappa shape index (κ3) is 3.14. The van der Waals surface area contributed by atoms with Crippen LogP contribution in [-0.4, -0.2) is 24.5 Å². The summed E-state index contributed by atoms with van der Waals surface area (Å²) in [6, 6.07) is 3.08. The van der Waals surface area contributed by atoms with E-state index in [-0.39, 0.29) is 10.6 Å². The van der Waals surface area contributed by atoms with E-state index in [0.717, 1.165) is 23.2 Å². The zero-order valence-electron chi connectivity index (χ0n) is 13.0. The van der Waals surface area contributed by atoms with E-state index in [9.17, 15) is 13.0 Å². The first-order valence-electron chi connectivity index (χ1n) is 7.36. The first-order chi connectivity index (χ1) is 11.5. The molecule has 0 bridgehead atoms. The largest absolute Gasteiger partial charge is 0.382 e. The number of aromatic nitrogens is 3. The number of rotatable bonds is 5. The summed E-state index contributed by atoms with van der Waals surface area (Å²) in [6.45, 7) is 2.48. The van der Waals surface area contributed by atoms with Crippen LogP contribution >= 0.6 is 0 Å². The summed E-state index contributed by atoms with van der Waals surface area (Å²) in [7, 11) is -1.52. The number of anilines is 1. The topological polar surface area (TPSA) is 73.8 Å². The van der Waals surface area contributed by atoms with Gasteiger partial charge in [-0.15, -0.1) is 0 Å². The van der Waals surface area contributed by atoms with Crippen LogP contribution in [0.5, 0.6) is 0 Å². The predicted molar refractivity (Wildman–Crippen MR) is 88.9 cm³/mol. The Labute approximate surface area is 140 Å². The first-order valence-corrected chi connectivity index (χ1v) is 8.68. The molecule has 0 saturated carbocycles. The number of hydrogen-bond donors (Lipinski definition) is 1. The fourth-order valence-electron chi connectivity index (χ4n) is 2.58. The highest BCUT2D eigenvalue weighted by Gasteiger charge is 2.13. The van der Waals surface area contributed by atoms with E-state index in [0.29, 0.717) is 24.3 Å². The lowest BCUT2D eigenvalue weighted by atomic mass is 10.2. The zero-order chi connectivity index (χ0) is 17.3. The summed E-state index contributed by atoms with van der Waals surface area (Å²) in [4.78, 5) is 8.35. The summed E-state index contributed by atoms with van der Waals surface area (Å²) < 4.78 is 40.6. The number of benzene rings is 1. The standard InChI is InChI=1S/C16H16F2N4OS/c1-10-8-20-16(19)14-15(10)22(9-21-14)5-2-6-24(23)13-4-3-11(17)7-12(13)18/h3-4,7-9H,2,5-6H2,1H3,(H2,19,20). The van der Waals surface area contributed by atoms with Crippen molar-refractivity contribution in [2.45, 2.75) is 24.8 Å². The number of halogens is 2. The Kier molecular flexibility index (Phi) is 4.57. The molecule has 0 aliphatic carbocycles. The van der Waals surface area contributed by atoms with Crippen molar-refractivity contribution >= 4 is 27.7 Å². The lowest BCUT2D eigenvalue weighted by Crippen LogP contribution is -2.06. The summed E-state index contributed by atoms with van der Waals surface area (Å²) in [5.74, 6) is -0.829. The maximum atomic E-state index is 13.6. The molecule has 1 atom stereocenters. The number of aryl methyl sites for hydroxylation is 2. The van der Waals surface area contributed by atoms with Crippen LogP contribution in [0.2, 0.25) is 0 Å². The molecule has 2 N–H and O–H groups in total. The summed E-state index contributed by atoms with van der Waals surface area (Å²) in [6.07, 6.45) is 3.90. The Balaban J connectivity index is 1.71. The molecule has 24 heavy (non-hydrogen) atoms. The molecule has 0 spiro atoms. The molecule has 0 amide bonds. The van der Waals surface area contributed by atoms with Crippen LogP contribution in [0, 0.1) is 18.6 Å². The third-order valence-electron chi connectivity index (χ3n) is 3.72. The fraction of sp³-hybridized carbons (Fsp3) is 0.250. The minimum atomic E-state index is -1.52. The highest BCUT2D eigenvalue weighted by Crippen LogP contribution is 2.21. The van der Waals surface area contributed by atoms with Crippen molar-refractivity contribution in [3.8, 4) is 0 Å². The van der Waals surface area contributed by atoms with Gasteiger partial charge in [0.15, 0.2) is 5.82 Å². The van der Waals surface area contributed by atoms with Gasteiger partial charge in [0.25, 0.3) is 0 Å². The van der Waals surface area contributed by atoms with Crippen LogP contribution in [0.15, 0.2) is 35.6 Å². The lowest BCUT2D eigenvalue weighted by Gasteiger charge is -2.07. The SMILES string of the molecule is Cc1cnc(N)c2ncn(CCCS(=O)c3ccc(F)cc3F)c12. The number of pyridine rings is 1. The molecule has 2 aromatic heterocycles. The average molecular weight is 350 g/mol. The van der Waals surface area contributed by atoms with Gasteiger partial charge in [-0.05, 0) is 31.0 Å². The normalized spacial score (nSPS) is 12.6. The second-order valence-corrected chi connectivity index (χ2v) is 6.98. The molecule has 0 fully saturated rings. The fourth-order valence-corrected chi connectivity index (χ4v) is 3.68. The van der Waals surface area contributed by atoms with Gasteiger partial charge in [0.05, 0.1) is 27.5 Å². The summed E-state index contributed by atoms with van der Waals surface area (Å²) in [5, 5.41) is 0. The Morgan fingerprint density at radius 3 is 2.83 bits per heavy atom. The van der Waals surface area contributed by atoms with Crippen molar-refractivity contribution in [1.82, 2.24) is 14.5 Å². The van der Waals surface area contributed by atoms with Crippen LogP contribution < -0.4 is 5.73 Å². The van der Waals surface area contributed by atoms with Crippen LogP contribution in [0.25, 0.3) is 11.0 Å². The molecule has 1 unspecified atom stereocenters. The minimum Gasteiger partial charge on any atom is -0.382 e. The third-order valence-corrected chi connectivity index (χ3v) is 5.20. The molecule has 0 aliphatic heterocycles. The quantitative estimate of drug-likeness (QED) is 0.768. The second kappa shape index (κ2) is 6.64. The Morgan fingerprint density at radius 1 is 1.29 bits per heavy atom. The van der Waals surface area contributed by atoms with Crippen molar-refractivity contribution in [3.63, 3.8) is 0 Å². The summed E-state index contributed by atoms with van der Waals surface area (Å²) in [5.41, 5.74) is 8.29. The Morgan fingerprint density at radius 2 is 2.08 bits per heavy atom. The van der Waals surface area contributed by atoms with Gasteiger partial charge in [-0.3, -0.25) is 4.21 Å². The average Bonchev–Trinajstić information content (AvgIpc) is 2.96. The molecule has 8 heteroatoms.